The van der Waals surface area contributed by atoms with E-state index in [1.54, 1.807) is 156 Å². The first-order chi connectivity index (χ1) is 40.3. The number of carboxylic acids is 1. The van der Waals surface area contributed by atoms with Crippen LogP contribution in [-0.4, -0.2) is 94.5 Å². The van der Waals surface area contributed by atoms with Gasteiger partial charge in [0, 0.05) is 35.6 Å². The van der Waals surface area contributed by atoms with Crippen molar-refractivity contribution < 1.29 is 62.7 Å². The van der Waals surface area contributed by atoms with Crippen LogP contribution in [0.1, 0.15) is 118 Å². The summed E-state index contributed by atoms with van der Waals surface area (Å²) in [6.45, 7) is 4.72. The molecule has 1 fully saturated rings. The van der Waals surface area contributed by atoms with Gasteiger partial charge in [-0.05, 0) is 177 Å². The molecule has 8 rings (SSSR count). The fourth-order valence-electron chi connectivity index (χ4n) is 9.32. The summed E-state index contributed by atoms with van der Waals surface area (Å²) in [5.74, 6) is -0.964. The lowest BCUT2D eigenvalue weighted by molar-refractivity contribution is -0.155. The Bertz CT molecular complexity index is 3340. The van der Waals surface area contributed by atoms with E-state index in [-0.39, 0.29) is 61.5 Å². The molecule has 17 heteroatoms. The van der Waals surface area contributed by atoms with Crippen LogP contribution in [0.15, 0.2) is 170 Å². The molecule has 4 amide bonds. The monoisotopic (exact) mass is 1140 g/mol. The van der Waals surface area contributed by atoms with Gasteiger partial charge in [-0.3, -0.25) is 28.8 Å². The van der Waals surface area contributed by atoms with Crippen molar-refractivity contribution in [3.05, 3.63) is 214 Å². The van der Waals surface area contributed by atoms with Gasteiger partial charge in [0.1, 0.15) is 41.7 Å². The molecular weight excluding hydrogens is 1070 g/mol. The van der Waals surface area contributed by atoms with Gasteiger partial charge in [-0.15, -0.1) is 0 Å². The van der Waals surface area contributed by atoms with Crippen LogP contribution in [0.25, 0.3) is 0 Å². The van der Waals surface area contributed by atoms with Crippen LogP contribution in [-0.2, 0) is 49.8 Å². The molecule has 0 radical (unpaired) electrons. The number of hydrogen-bond donors (Lipinski definition) is 4. The summed E-state index contributed by atoms with van der Waals surface area (Å²) in [4.78, 5) is 91.0. The molecule has 17 nitrogen and oxygen atoms in total. The number of benzene rings is 7. The summed E-state index contributed by atoms with van der Waals surface area (Å²) in [5.41, 5.74) is 5.81. The van der Waals surface area contributed by atoms with E-state index in [4.69, 9.17) is 18.9 Å². The first-order valence-corrected chi connectivity index (χ1v) is 27.6. The Hall–Kier alpha value is -9.77. The van der Waals surface area contributed by atoms with Crippen LogP contribution in [0.3, 0.4) is 0 Å². The number of nitrogens with one attached hydrogen (secondary N) is 2. The van der Waals surface area contributed by atoms with Crippen LogP contribution in [0.5, 0.6) is 23.0 Å². The highest BCUT2D eigenvalue weighted by molar-refractivity contribution is 5.99. The number of carbonyl (C=O) groups excluding carboxylic acids is 6. The molecule has 0 unspecified atom stereocenters. The molecule has 7 aromatic carbocycles. The van der Waals surface area contributed by atoms with E-state index in [9.17, 15) is 43.8 Å². The minimum absolute atomic E-state index is 0.0301. The third kappa shape index (κ3) is 19.5. The SMILES string of the molecule is COc1ccc(CC(=O)Nc2ccc(C(=O)N(CC(=O)O)Cc3ccc(OC(=O)c4ccc(C5CCCCC5)cc4)cc3)cc2)cc1.COc1ccc(CC(=O)Nc2ccc(C(=O)N(CC(=O)OC(C)(C)C)Cc3ccc(O)cc3)cc2)cc1. The normalized spacial score (nSPS) is 12.1. The van der Waals surface area contributed by atoms with Gasteiger partial charge in [0.25, 0.3) is 11.8 Å². The minimum atomic E-state index is -1.15. The van der Waals surface area contributed by atoms with Gasteiger partial charge < -0.3 is 49.6 Å². The van der Waals surface area contributed by atoms with Crippen molar-refractivity contribution in [2.45, 2.75) is 90.3 Å². The molecule has 1 saturated carbocycles. The molecule has 436 valence electrons. The summed E-state index contributed by atoms with van der Waals surface area (Å²) in [6.07, 6.45) is 6.51. The van der Waals surface area contributed by atoms with Crippen molar-refractivity contribution in [2.24, 2.45) is 0 Å². The van der Waals surface area contributed by atoms with Gasteiger partial charge in [-0.2, -0.15) is 0 Å². The zero-order valence-corrected chi connectivity index (χ0v) is 47.8. The maximum Gasteiger partial charge on any atom is 0.343 e. The highest BCUT2D eigenvalue weighted by Crippen LogP contribution is 2.33. The van der Waals surface area contributed by atoms with Crippen molar-refractivity contribution in [3.8, 4) is 23.0 Å². The number of carbonyl (C=O) groups is 7. The molecular formula is C67H70N4O13. The van der Waals surface area contributed by atoms with E-state index < -0.39 is 36.0 Å². The Morgan fingerprint density at radius 3 is 1.33 bits per heavy atom. The van der Waals surface area contributed by atoms with E-state index >= 15 is 0 Å². The minimum Gasteiger partial charge on any atom is -0.508 e. The van der Waals surface area contributed by atoms with Crippen molar-refractivity contribution in [2.75, 3.05) is 37.9 Å². The lowest BCUT2D eigenvalue weighted by Crippen LogP contribution is -2.38. The maximum atomic E-state index is 13.3. The predicted molar refractivity (Wildman–Crippen MR) is 318 cm³/mol. The number of methoxy groups -OCH3 is 2. The summed E-state index contributed by atoms with van der Waals surface area (Å²) in [6, 6.07) is 47.9. The number of carboxylic acid groups (broad SMARTS) is 1. The predicted octanol–water partition coefficient (Wildman–Crippen LogP) is 11.4. The number of phenolic OH excluding ortho intramolecular Hbond substituents is 1. The third-order valence-corrected chi connectivity index (χ3v) is 13.6. The second-order valence-electron chi connectivity index (χ2n) is 21.3. The van der Waals surface area contributed by atoms with Crippen LogP contribution in [0.4, 0.5) is 11.4 Å². The molecule has 0 aliphatic heterocycles. The number of nitrogens with zero attached hydrogens (tertiary/aromatic N) is 2. The van der Waals surface area contributed by atoms with Crippen LogP contribution in [0, 0.1) is 0 Å². The number of esters is 2. The Morgan fingerprint density at radius 1 is 0.500 bits per heavy atom. The number of rotatable bonds is 21. The molecule has 7 aromatic rings. The molecule has 1 aliphatic rings. The quantitative estimate of drug-likeness (QED) is 0.0388. The number of aliphatic carboxylic acids is 1. The first-order valence-electron chi connectivity index (χ1n) is 27.6. The molecule has 0 heterocycles. The highest BCUT2D eigenvalue weighted by atomic mass is 16.6. The van der Waals surface area contributed by atoms with Crippen LogP contribution in [0.2, 0.25) is 0 Å². The van der Waals surface area contributed by atoms with Crippen molar-refractivity contribution in [1.82, 2.24) is 9.80 Å². The fraction of sp³-hybridized carbons (Fsp3) is 0.269. The molecule has 0 aromatic heterocycles. The molecule has 0 saturated heterocycles. The molecule has 0 spiro atoms. The van der Waals surface area contributed by atoms with Crippen LogP contribution < -0.4 is 24.8 Å². The number of ether oxygens (including phenoxy) is 4. The molecule has 0 atom stereocenters. The second kappa shape index (κ2) is 29.8. The van der Waals surface area contributed by atoms with Crippen molar-refractivity contribution in [3.63, 3.8) is 0 Å². The van der Waals surface area contributed by atoms with E-state index in [0.717, 1.165) is 22.4 Å². The Kier molecular flexibility index (Phi) is 21.9. The highest BCUT2D eigenvalue weighted by Gasteiger charge is 2.25. The van der Waals surface area contributed by atoms with Gasteiger partial charge in [-0.25, -0.2) is 4.79 Å². The van der Waals surface area contributed by atoms with Crippen molar-refractivity contribution >= 4 is 52.9 Å². The van der Waals surface area contributed by atoms with E-state index in [2.05, 4.69) is 10.6 Å². The van der Waals surface area contributed by atoms with Gasteiger partial charge >= 0.3 is 17.9 Å². The standard InChI is InChI=1S/C38H38N2O7.C29H32N2O6/c1-46-33-19-7-26(8-20-33)23-35(41)39-32-17-15-30(16-18-32)37(44)40(25-36(42)43)24-27-9-21-34(22-10-27)47-38(45)31-13-11-29(12-14-31)28-5-3-2-4-6-28;1-29(2,3)37-27(34)19-31(18-21-5-13-24(32)14-6-21)28(35)22-9-11-23(12-10-22)30-26(33)17-20-7-15-25(36-4)16-8-20/h7-22,28H,2-6,23-25H2,1H3,(H,39,41)(H,42,43);5-16,32H,17-19H2,1-4H3,(H,30,33). The fourth-order valence-corrected chi connectivity index (χ4v) is 9.32. The molecule has 84 heavy (non-hydrogen) atoms. The zero-order valence-electron chi connectivity index (χ0n) is 47.8. The second-order valence-corrected chi connectivity index (χ2v) is 21.3. The number of hydrogen-bond acceptors (Lipinski definition) is 12. The number of phenols is 1. The van der Waals surface area contributed by atoms with Gasteiger partial charge in [0.2, 0.25) is 11.8 Å². The van der Waals surface area contributed by atoms with E-state index in [1.165, 1.54) is 59.6 Å². The largest absolute Gasteiger partial charge is 0.508 e. The van der Waals surface area contributed by atoms with Gasteiger partial charge in [0.05, 0.1) is 32.6 Å². The Balaban J connectivity index is 0.000000248. The van der Waals surface area contributed by atoms with E-state index in [1.807, 2.05) is 36.4 Å². The molecule has 0 bridgehead atoms. The van der Waals surface area contributed by atoms with Crippen LogP contribution >= 0.6 is 0 Å². The summed E-state index contributed by atoms with van der Waals surface area (Å²) < 4.78 is 21.2. The van der Waals surface area contributed by atoms with Crippen molar-refractivity contribution in [1.29, 1.82) is 0 Å². The lowest BCUT2D eigenvalue weighted by atomic mass is 9.84. The topological polar surface area (TPSA) is 227 Å². The van der Waals surface area contributed by atoms with E-state index in [0.29, 0.717) is 45.5 Å². The lowest BCUT2D eigenvalue weighted by Gasteiger charge is -2.25. The summed E-state index contributed by atoms with van der Waals surface area (Å²) in [7, 11) is 3.16. The third-order valence-electron chi connectivity index (χ3n) is 13.6. The Labute approximate surface area is 489 Å². The average Bonchev–Trinajstić information content (AvgIpc) is 3.63. The molecule has 4 N–H and O–H groups in total. The van der Waals surface area contributed by atoms with Gasteiger partial charge in [0.15, 0.2) is 0 Å². The number of aromatic hydroxyl groups is 1. The maximum absolute atomic E-state index is 13.3. The number of amides is 4. The first kappa shape index (κ1) is 61.8. The summed E-state index contributed by atoms with van der Waals surface area (Å²) >= 11 is 0. The summed E-state index contributed by atoms with van der Waals surface area (Å²) in [5, 5.41) is 24.7. The zero-order chi connectivity index (χ0) is 60.2. The van der Waals surface area contributed by atoms with Gasteiger partial charge in [-0.1, -0.05) is 79.9 Å². The number of anilines is 2. The molecule has 1 aliphatic carbocycles. The smallest absolute Gasteiger partial charge is 0.343 e. The Morgan fingerprint density at radius 2 is 0.905 bits per heavy atom. The average molecular weight is 1140 g/mol.